The number of nitrogens with zero attached hydrogens (tertiary/aromatic N) is 4. The lowest BCUT2D eigenvalue weighted by Gasteiger charge is -2.12. The van der Waals surface area contributed by atoms with Crippen LogP contribution in [0.25, 0.3) is 16.9 Å². The van der Waals surface area contributed by atoms with Crippen molar-refractivity contribution in [3.63, 3.8) is 0 Å². The van der Waals surface area contributed by atoms with Crippen molar-refractivity contribution < 1.29 is 9.47 Å². The van der Waals surface area contributed by atoms with Crippen LogP contribution in [0.15, 0.2) is 71.9 Å². The van der Waals surface area contributed by atoms with Crippen LogP contribution in [0.4, 0.5) is 11.5 Å². The fourth-order valence-electron chi connectivity index (χ4n) is 3.35. The summed E-state index contributed by atoms with van der Waals surface area (Å²) in [6, 6.07) is 20.1. The van der Waals surface area contributed by atoms with Gasteiger partial charge in [0.1, 0.15) is 11.3 Å². The zero-order chi connectivity index (χ0) is 19.8. The van der Waals surface area contributed by atoms with Gasteiger partial charge >= 0.3 is 0 Å². The molecular formula is C23H20N4O2. The smallest absolute Gasteiger partial charge is 0.231 e. The molecule has 0 amide bonds. The molecular weight excluding hydrogens is 364 g/mol. The first-order chi connectivity index (χ1) is 14.2. The number of pyridine rings is 1. The number of hydrogen-bond donors (Lipinski definition) is 0. The quantitative estimate of drug-likeness (QED) is 0.485. The fourth-order valence-corrected chi connectivity index (χ4v) is 3.35. The van der Waals surface area contributed by atoms with Crippen molar-refractivity contribution in [2.24, 2.45) is 4.99 Å². The molecule has 0 saturated heterocycles. The lowest BCUT2D eigenvalue weighted by atomic mass is 10.1. The molecule has 5 rings (SSSR count). The lowest BCUT2D eigenvalue weighted by Crippen LogP contribution is -2.07. The average Bonchev–Trinajstić information content (AvgIpc) is 3.36. The highest BCUT2D eigenvalue weighted by Crippen LogP contribution is 2.34. The third kappa shape index (κ3) is 3.18. The molecule has 4 aromatic rings. The molecule has 0 saturated carbocycles. The Hall–Kier alpha value is -3.80. The molecule has 29 heavy (non-hydrogen) atoms. The Bertz CT molecular complexity index is 1210. The monoisotopic (exact) mass is 384 g/mol. The van der Waals surface area contributed by atoms with Crippen LogP contribution >= 0.6 is 0 Å². The van der Waals surface area contributed by atoms with Crippen LogP contribution in [0.5, 0.6) is 11.5 Å². The summed E-state index contributed by atoms with van der Waals surface area (Å²) in [6.45, 7) is 0.260. The van der Waals surface area contributed by atoms with Crippen molar-refractivity contribution in [1.82, 2.24) is 9.38 Å². The molecule has 3 heterocycles. The summed E-state index contributed by atoms with van der Waals surface area (Å²) in [6.07, 6.45) is 3.81. The molecule has 1 aliphatic rings. The van der Waals surface area contributed by atoms with Crippen molar-refractivity contribution in [3.05, 3.63) is 72.4 Å². The van der Waals surface area contributed by atoms with Gasteiger partial charge in [0.15, 0.2) is 17.3 Å². The summed E-state index contributed by atoms with van der Waals surface area (Å²) in [5.41, 5.74) is 4.81. The molecule has 1 aliphatic heterocycles. The van der Waals surface area contributed by atoms with Crippen molar-refractivity contribution in [2.75, 3.05) is 25.8 Å². The molecule has 144 valence electrons. The SMILES string of the molecule is CN(C)c1ccc(-c2nc3ccccn3c2/N=C/c2ccc3c(c2)OCO3)cc1. The Morgan fingerprint density at radius 3 is 2.66 bits per heavy atom. The van der Waals surface area contributed by atoms with Gasteiger partial charge in [0.2, 0.25) is 6.79 Å². The highest BCUT2D eigenvalue weighted by Gasteiger charge is 2.15. The highest BCUT2D eigenvalue weighted by atomic mass is 16.7. The molecule has 6 nitrogen and oxygen atoms in total. The van der Waals surface area contributed by atoms with Crippen LogP contribution in [-0.2, 0) is 0 Å². The molecule has 0 aliphatic carbocycles. The molecule has 0 radical (unpaired) electrons. The fraction of sp³-hybridized carbons (Fsp3) is 0.130. The summed E-state index contributed by atoms with van der Waals surface area (Å²) in [7, 11) is 4.06. The van der Waals surface area contributed by atoms with Gasteiger partial charge < -0.3 is 14.4 Å². The predicted molar refractivity (Wildman–Crippen MR) is 115 cm³/mol. The molecule has 0 unspecified atom stereocenters. The van der Waals surface area contributed by atoms with Gasteiger partial charge in [-0.3, -0.25) is 4.40 Å². The van der Waals surface area contributed by atoms with E-state index in [-0.39, 0.29) is 6.79 Å². The van der Waals surface area contributed by atoms with E-state index >= 15 is 0 Å². The Kier molecular flexibility index (Phi) is 4.17. The van der Waals surface area contributed by atoms with Gasteiger partial charge in [-0.1, -0.05) is 18.2 Å². The minimum atomic E-state index is 0.260. The number of rotatable bonds is 4. The zero-order valence-electron chi connectivity index (χ0n) is 16.2. The Morgan fingerprint density at radius 1 is 1.00 bits per heavy atom. The topological polar surface area (TPSA) is 51.4 Å². The van der Waals surface area contributed by atoms with Gasteiger partial charge in [0, 0.05) is 37.8 Å². The number of aliphatic imine (C=N–C) groups is 1. The summed E-state index contributed by atoms with van der Waals surface area (Å²) in [5, 5.41) is 0. The Morgan fingerprint density at radius 2 is 1.83 bits per heavy atom. The van der Waals surface area contributed by atoms with Crippen LogP contribution in [0.1, 0.15) is 5.56 Å². The number of anilines is 1. The van der Waals surface area contributed by atoms with Gasteiger partial charge in [-0.15, -0.1) is 0 Å². The second-order valence-corrected chi connectivity index (χ2v) is 7.03. The molecule has 2 aromatic carbocycles. The third-order valence-corrected chi connectivity index (χ3v) is 4.89. The number of benzene rings is 2. The van der Waals surface area contributed by atoms with Gasteiger partial charge in [-0.05, 0) is 48.0 Å². The number of aromatic nitrogens is 2. The number of ether oxygens (including phenoxy) is 2. The van der Waals surface area contributed by atoms with E-state index in [0.717, 1.165) is 45.5 Å². The molecule has 0 N–H and O–H groups in total. The van der Waals surface area contributed by atoms with E-state index in [0.29, 0.717) is 0 Å². The van der Waals surface area contributed by atoms with Crippen molar-refractivity contribution in [3.8, 4) is 22.8 Å². The predicted octanol–water partition coefficient (Wildman–Crippen LogP) is 4.55. The second-order valence-electron chi connectivity index (χ2n) is 7.03. The van der Waals surface area contributed by atoms with Gasteiger partial charge in [-0.25, -0.2) is 9.98 Å². The summed E-state index contributed by atoms with van der Waals surface area (Å²) in [4.78, 5) is 11.7. The van der Waals surface area contributed by atoms with Crippen LogP contribution in [-0.4, -0.2) is 36.5 Å². The van der Waals surface area contributed by atoms with Crippen LogP contribution in [0, 0.1) is 0 Å². The zero-order valence-corrected chi connectivity index (χ0v) is 16.2. The molecule has 0 atom stereocenters. The van der Waals surface area contributed by atoms with Gasteiger partial charge in [0.25, 0.3) is 0 Å². The third-order valence-electron chi connectivity index (χ3n) is 4.89. The van der Waals surface area contributed by atoms with E-state index in [1.165, 1.54) is 0 Å². The van der Waals surface area contributed by atoms with E-state index < -0.39 is 0 Å². The normalized spacial score (nSPS) is 12.8. The number of fused-ring (bicyclic) bond motifs is 2. The number of imidazole rings is 1. The van der Waals surface area contributed by atoms with Crippen LogP contribution in [0.2, 0.25) is 0 Å². The largest absolute Gasteiger partial charge is 0.454 e. The minimum Gasteiger partial charge on any atom is -0.454 e. The highest BCUT2D eigenvalue weighted by molar-refractivity contribution is 5.86. The Labute approximate surface area is 168 Å². The summed E-state index contributed by atoms with van der Waals surface area (Å²) >= 11 is 0. The Balaban J connectivity index is 1.58. The van der Waals surface area contributed by atoms with Crippen LogP contribution in [0.3, 0.4) is 0 Å². The van der Waals surface area contributed by atoms with Gasteiger partial charge in [-0.2, -0.15) is 0 Å². The van der Waals surface area contributed by atoms with Crippen molar-refractivity contribution in [2.45, 2.75) is 0 Å². The average molecular weight is 384 g/mol. The van der Waals surface area contributed by atoms with Crippen molar-refractivity contribution >= 4 is 23.4 Å². The first kappa shape index (κ1) is 17.3. The van der Waals surface area contributed by atoms with Crippen LogP contribution < -0.4 is 14.4 Å². The van der Waals surface area contributed by atoms with E-state index in [1.54, 1.807) is 0 Å². The maximum atomic E-state index is 5.46. The first-order valence-electron chi connectivity index (χ1n) is 9.37. The first-order valence-corrected chi connectivity index (χ1v) is 9.37. The summed E-state index contributed by atoms with van der Waals surface area (Å²) < 4.78 is 12.8. The lowest BCUT2D eigenvalue weighted by molar-refractivity contribution is 0.174. The van der Waals surface area contributed by atoms with Crippen molar-refractivity contribution in [1.29, 1.82) is 0 Å². The van der Waals surface area contributed by atoms with Gasteiger partial charge in [0.05, 0.1) is 0 Å². The minimum absolute atomic E-state index is 0.260. The molecule has 0 spiro atoms. The molecule has 6 heteroatoms. The molecule has 2 aromatic heterocycles. The molecule has 0 fully saturated rings. The second kappa shape index (κ2) is 6.98. The molecule has 0 bridgehead atoms. The maximum absolute atomic E-state index is 5.46. The van der Waals surface area contributed by atoms with E-state index in [2.05, 4.69) is 29.2 Å². The summed E-state index contributed by atoms with van der Waals surface area (Å²) in [5.74, 6) is 2.29. The van der Waals surface area contributed by atoms with E-state index in [9.17, 15) is 0 Å². The van der Waals surface area contributed by atoms with E-state index in [4.69, 9.17) is 19.5 Å². The number of hydrogen-bond acceptors (Lipinski definition) is 5. The standard InChI is InChI=1S/C23H20N4O2/c1-26(2)18-9-7-17(8-10-18)22-23(27-12-4-3-5-21(27)25-22)24-14-16-6-11-19-20(13-16)29-15-28-19/h3-14H,15H2,1-2H3/b24-14+. The maximum Gasteiger partial charge on any atom is 0.231 e. The van der Waals surface area contributed by atoms with E-state index in [1.807, 2.05) is 67.3 Å².